The summed E-state index contributed by atoms with van der Waals surface area (Å²) in [6, 6.07) is 7.88. The lowest BCUT2D eigenvalue weighted by atomic mass is 10.1. The normalized spacial score (nSPS) is 12.3. The zero-order valence-corrected chi connectivity index (χ0v) is 17.2. The molecule has 1 aromatic carbocycles. The molecule has 0 saturated carbocycles. The fourth-order valence-electron chi connectivity index (χ4n) is 3.52. The topological polar surface area (TPSA) is 76.3 Å². The molecule has 0 radical (unpaired) electrons. The molecule has 1 aliphatic carbocycles. The second-order valence-corrected chi connectivity index (χ2v) is 6.78. The van der Waals surface area contributed by atoms with Crippen molar-refractivity contribution < 1.29 is 9.52 Å². The minimum Gasteiger partial charge on any atom is -0.500 e. The molecule has 1 N–H and O–H groups in total. The van der Waals surface area contributed by atoms with Crippen LogP contribution >= 0.6 is 0 Å². The second kappa shape index (κ2) is 7.89. The third-order valence-corrected chi connectivity index (χ3v) is 5.30. The molecule has 1 aromatic rings. The minimum absolute atomic E-state index is 0.0108. The van der Waals surface area contributed by atoms with Crippen molar-refractivity contribution in [2.75, 3.05) is 31.6 Å². The molecule has 1 heterocycles. The van der Waals surface area contributed by atoms with E-state index < -0.39 is 0 Å². The van der Waals surface area contributed by atoms with Crippen molar-refractivity contribution in [1.82, 2.24) is 9.56 Å². The molecule has 0 fully saturated rings. The summed E-state index contributed by atoms with van der Waals surface area (Å²) < 4.78 is 7.99. The minimum atomic E-state index is 0.0108. The Labute approximate surface area is 165 Å². The second-order valence-electron chi connectivity index (χ2n) is 6.78. The summed E-state index contributed by atoms with van der Waals surface area (Å²) in [5.74, 6) is 0.258. The molecule has 0 unspecified atom stereocenters. The number of benzene rings is 2. The van der Waals surface area contributed by atoms with Crippen molar-refractivity contribution >= 4 is 16.8 Å². The average molecular weight is 379 g/mol. The number of nitrogens with zero attached hydrogens (tertiary/aromatic N) is 4. The number of hydrogen-bond donors (Lipinski definition) is 1. The summed E-state index contributed by atoms with van der Waals surface area (Å²) in [6.07, 6.45) is 0.873. The number of hydrogen-bond acceptors (Lipinski definition) is 5. The van der Waals surface area contributed by atoms with Crippen LogP contribution in [0.3, 0.4) is 0 Å². The molecule has 0 amide bonds. The Morgan fingerprint density at radius 3 is 2.46 bits per heavy atom. The molecule has 146 valence electrons. The summed E-state index contributed by atoms with van der Waals surface area (Å²) in [7, 11) is 1.86. The summed E-state index contributed by atoms with van der Waals surface area (Å²) in [5, 5.41) is 21.0. The highest BCUT2D eigenvalue weighted by atomic mass is 16.4. The van der Waals surface area contributed by atoms with Gasteiger partial charge in [-0.2, -0.15) is 5.26 Å². The molecule has 0 saturated heterocycles. The van der Waals surface area contributed by atoms with Crippen LogP contribution in [0.15, 0.2) is 22.6 Å². The van der Waals surface area contributed by atoms with E-state index in [0.29, 0.717) is 34.3 Å². The van der Waals surface area contributed by atoms with Crippen LogP contribution < -0.4 is 14.8 Å². The predicted octanol–water partition coefficient (Wildman–Crippen LogP) is 3.34. The Morgan fingerprint density at radius 1 is 1.18 bits per heavy atom. The first-order valence-electron chi connectivity index (χ1n) is 9.81. The molecule has 6 nitrogen and oxygen atoms in total. The van der Waals surface area contributed by atoms with Crippen LogP contribution in [0, 0.1) is 11.3 Å². The van der Waals surface area contributed by atoms with E-state index in [1.165, 1.54) is 5.56 Å². The molecule has 0 spiro atoms. The summed E-state index contributed by atoms with van der Waals surface area (Å²) in [6.45, 7) is 10.8. The monoisotopic (exact) mass is 379 g/mol. The first kappa shape index (κ1) is 19.7. The van der Waals surface area contributed by atoms with Gasteiger partial charge in [-0.05, 0) is 38.8 Å². The molecular weight excluding hydrogens is 352 g/mol. The quantitative estimate of drug-likeness (QED) is 0.543. The molecule has 1 aliphatic heterocycles. The van der Waals surface area contributed by atoms with Gasteiger partial charge in [0.05, 0.1) is 5.56 Å². The fraction of sp³-hybridized carbons (Fsp3) is 0.409. The SMILES string of the molecule is CCc1cc2nc3c(C#N)c/c(=[N+](\C)CC)c(O)c-3oc2cc1N(CC)CC. The van der Waals surface area contributed by atoms with Crippen LogP contribution in [0.1, 0.15) is 38.8 Å². The summed E-state index contributed by atoms with van der Waals surface area (Å²) in [4.78, 5) is 6.96. The van der Waals surface area contributed by atoms with Gasteiger partial charge < -0.3 is 14.4 Å². The van der Waals surface area contributed by atoms with Gasteiger partial charge in [0.2, 0.25) is 16.9 Å². The number of anilines is 1. The number of aromatic hydroxyl groups is 1. The zero-order chi connectivity index (χ0) is 20.4. The molecule has 6 heteroatoms. The highest BCUT2D eigenvalue weighted by Crippen LogP contribution is 2.35. The Hall–Kier alpha value is -3.07. The van der Waals surface area contributed by atoms with Crippen molar-refractivity contribution in [3.63, 3.8) is 0 Å². The lowest BCUT2D eigenvalue weighted by molar-refractivity contribution is 0.439. The maximum Gasteiger partial charge on any atom is 0.247 e. The number of phenolic OH excluding ortho intramolecular Hbond substituents is 1. The van der Waals surface area contributed by atoms with Crippen molar-refractivity contribution in [2.45, 2.75) is 34.1 Å². The van der Waals surface area contributed by atoms with E-state index in [1.807, 2.05) is 30.7 Å². The van der Waals surface area contributed by atoms with Crippen LogP contribution in [0.4, 0.5) is 5.69 Å². The van der Waals surface area contributed by atoms with Crippen molar-refractivity contribution in [2.24, 2.45) is 0 Å². The largest absolute Gasteiger partial charge is 0.500 e. The zero-order valence-electron chi connectivity index (χ0n) is 17.2. The maximum atomic E-state index is 10.8. The van der Waals surface area contributed by atoms with E-state index >= 15 is 0 Å². The predicted molar refractivity (Wildman–Crippen MR) is 112 cm³/mol. The van der Waals surface area contributed by atoms with Gasteiger partial charge in [-0.3, -0.25) is 0 Å². The lowest BCUT2D eigenvalue weighted by Crippen LogP contribution is -2.27. The average Bonchev–Trinajstić information content (AvgIpc) is 2.72. The van der Waals surface area contributed by atoms with Crippen molar-refractivity contribution in [3.8, 4) is 23.3 Å². The van der Waals surface area contributed by atoms with E-state index in [9.17, 15) is 10.4 Å². The van der Waals surface area contributed by atoms with Crippen molar-refractivity contribution in [3.05, 3.63) is 34.7 Å². The van der Waals surface area contributed by atoms with Gasteiger partial charge in [0.1, 0.15) is 30.9 Å². The highest BCUT2D eigenvalue weighted by Gasteiger charge is 2.24. The van der Waals surface area contributed by atoms with E-state index in [1.54, 1.807) is 6.07 Å². The molecule has 2 aliphatic rings. The molecule has 28 heavy (non-hydrogen) atoms. The number of fused-ring (bicyclic) bond motifs is 2. The molecule has 0 bridgehead atoms. The van der Waals surface area contributed by atoms with E-state index in [2.05, 4.69) is 36.7 Å². The van der Waals surface area contributed by atoms with Crippen LogP contribution in [0.25, 0.3) is 22.6 Å². The van der Waals surface area contributed by atoms with Crippen molar-refractivity contribution in [1.29, 1.82) is 5.26 Å². The Morgan fingerprint density at radius 2 is 1.89 bits per heavy atom. The number of phenols is 1. The van der Waals surface area contributed by atoms with Gasteiger partial charge in [0.25, 0.3) is 0 Å². The van der Waals surface area contributed by atoms with Gasteiger partial charge in [0, 0.05) is 30.9 Å². The number of aromatic nitrogens is 1. The standard InChI is InChI=1S/C22H26N4O2/c1-6-14-10-16-19(12-17(14)26(8-3)9-4)28-22-20(24-16)15(13-23)11-18(21(22)27)25(5)7-2/h10-12H,6-9H2,1-5H3/p+1. The van der Waals surface area contributed by atoms with E-state index in [-0.39, 0.29) is 11.5 Å². The number of aryl methyl sites for hydroxylation is 1. The fourth-order valence-corrected chi connectivity index (χ4v) is 3.52. The molecule has 3 rings (SSSR count). The number of rotatable bonds is 5. The van der Waals surface area contributed by atoms with Gasteiger partial charge in [-0.1, -0.05) is 6.92 Å². The summed E-state index contributed by atoms with van der Waals surface area (Å²) in [5.41, 5.74) is 4.36. The lowest BCUT2D eigenvalue weighted by Gasteiger charge is -2.24. The Balaban J connectivity index is 2.43. The van der Waals surface area contributed by atoms with Crippen LogP contribution in [0.2, 0.25) is 0 Å². The van der Waals surface area contributed by atoms with Crippen LogP contribution in [0.5, 0.6) is 5.75 Å². The first-order valence-corrected chi connectivity index (χ1v) is 9.81. The maximum absolute atomic E-state index is 10.8. The van der Waals surface area contributed by atoms with E-state index in [0.717, 1.165) is 25.2 Å². The van der Waals surface area contributed by atoms with Gasteiger partial charge >= 0.3 is 0 Å². The Bertz CT molecular complexity index is 1100. The van der Waals surface area contributed by atoms with Crippen LogP contribution in [-0.4, -0.2) is 36.8 Å². The highest BCUT2D eigenvalue weighted by molar-refractivity contribution is 5.84. The third kappa shape index (κ3) is 3.18. The smallest absolute Gasteiger partial charge is 0.247 e. The number of nitriles is 1. The molecule has 0 aromatic heterocycles. The van der Waals surface area contributed by atoms with Crippen LogP contribution in [-0.2, 0) is 6.42 Å². The van der Waals surface area contributed by atoms with Gasteiger partial charge in [-0.25, -0.2) is 9.56 Å². The van der Waals surface area contributed by atoms with Gasteiger partial charge in [-0.15, -0.1) is 0 Å². The first-order chi connectivity index (χ1) is 13.5. The molecular formula is C22H27N4O2+. The third-order valence-electron chi connectivity index (χ3n) is 5.30. The van der Waals surface area contributed by atoms with Gasteiger partial charge in [0.15, 0.2) is 5.58 Å². The Kier molecular flexibility index (Phi) is 5.55. The van der Waals surface area contributed by atoms with E-state index in [4.69, 9.17) is 4.42 Å². The molecule has 0 atom stereocenters. The summed E-state index contributed by atoms with van der Waals surface area (Å²) >= 11 is 0.